The fraction of sp³-hybridized carbons (Fsp3) is 0.500. The molecular formula is C8H9NO2. The van der Waals surface area contributed by atoms with Gasteiger partial charge in [0.15, 0.2) is 5.78 Å². The molecular weight excluding hydrogens is 142 g/mol. The van der Waals surface area contributed by atoms with E-state index in [1.54, 1.807) is 6.92 Å². The zero-order valence-corrected chi connectivity index (χ0v) is 6.39. The van der Waals surface area contributed by atoms with Crippen LogP contribution in [-0.2, 0) is 9.59 Å². The predicted octanol–water partition coefficient (Wildman–Crippen LogP) is -0.189. The largest absolute Gasteiger partial charge is 0.324 e. The SMILES string of the molecule is CC#CC(=O)N1CCC(=O)C1. The molecule has 58 valence electrons. The lowest BCUT2D eigenvalue weighted by atomic mass is 10.4. The molecule has 1 saturated heterocycles. The van der Waals surface area contributed by atoms with Crippen LogP contribution >= 0.6 is 0 Å². The van der Waals surface area contributed by atoms with Gasteiger partial charge in [0.05, 0.1) is 6.54 Å². The highest BCUT2D eigenvalue weighted by Gasteiger charge is 2.22. The summed E-state index contributed by atoms with van der Waals surface area (Å²) < 4.78 is 0. The van der Waals surface area contributed by atoms with E-state index in [4.69, 9.17) is 0 Å². The van der Waals surface area contributed by atoms with Crippen molar-refractivity contribution in [2.45, 2.75) is 13.3 Å². The van der Waals surface area contributed by atoms with Gasteiger partial charge in [-0.05, 0) is 12.8 Å². The Labute approximate surface area is 65.4 Å². The number of Topliss-reactive ketones (excluding diaryl/α,β-unsaturated/α-hetero) is 1. The molecule has 1 aliphatic heterocycles. The first-order valence-corrected chi connectivity index (χ1v) is 3.47. The van der Waals surface area contributed by atoms with Gasteiger partial charge in [-0.1, -0.05) is 5.92 Å². The number of likely N-dealkylation sites (tertiary alicyclic amines) is 1. The lowest BCUT2D eigenvalue weighted by Crippen LogP contribution is -2.27. The molecule has 0 unspecified atom stereocenters. The molecule has 1 aliphatic rings. The molecule has 0 aromatic carbocycles. The number of hydrogen-bond acceptors (Lipinski definition) is 2. The van der Waals surface area contributed by atoms with Gasteiger partial charge in [0, 0.05) is 13.0 Å². The highest BCUT2D eigenvalue weighted by atomic mass is 16.2. The monoisotopic (exact) mass is 151 g/mol. The lowest BCUT2D eigenvalue weighted by molar-refractivity contribution is -0.126. The normalized spacial score (nSPS) is 16.1. The van der Waals surface area contributed by atoms with E-state index < -0.39 is 0 Å². The second-order valence-electron chi connectivity index (χ2n) is 2.39. The third-order valence-corrected chi connectivity index (χ3v) is 1.55. The van der Waals surface area contributed by atoms with Crippen LogP contribution in [0.1, 0.15) is 13.3 Å². The molecule has 1 amide bonds. The summed E-state index contributed by atoms with van der Waals surface area (Å²) in [6.45, 7) is 2.38. The molecule has 3 heteroatoms. The second-order valence-corrected chi connectivity index (χ2v) is 2.39. The van der Waals surface area contributed by atoms with Crippen LogP contribution in [0.15, 0.2) is 0 Å². The summed E-state index contributed by atoms with van der Waals surface area (Å²) in [5.41, 5.74) is 0. The lowest BCUT2D eigenvalue weighted by Gasteiger charge is -2.08. The van der Waals surface area contributed by atoms with Crippen LogP contribution in [0.2, 0.25) is 0 Å². The molecule has 0 aliphatic carbocycles. The fourth-order valence-corrected chi connectivity index (χ4v) is 0.990. The number of nitrogens with zero attached hydrogens (tertiary/aromatic N) is 1. The maximum Gasteiger partial charge on any atom is 0.298 e. The van der Waals surface area contributed by atoms with Gasteiger partial charge in [-0.25, -0.2) is 0 Å². The zero-order valence-electron chi connectivity index (χ0n) is 6.39. The molecule has 0 spiro atoms. The Morgan fingerprint density at radius 3 is 2.82 bits per heavy atom. The summed E-state index contributed by atoms with van der Waals surface area (Å²) in [4.78, 5) is 23.2. The molecule has 0 atom stereocenters. The van der Waals surface area contributed by atoms with E-state index in [-0.39, 0.29) is 18.2 Å². The van der Waals surface area contributed by atoms with E-state index in [0.717, 1.165) is 0 Å². The van der Waals surface area contributed by atoms with Crippen molar-refractivity contribution in [3.05, 3.63) is 0 Å². The van der Waals surface area contributed by atoms with Crippen molar-refractivity contribution in [1.29, 1.82) is 0 Å². The third kappa shape index (κ3) is 1.81. The first kappa shape index (κ1) is 7.80. The van der Waals surface area contributed by atoms with E-state index in [1.807, 2.05) is 0 Å². The molecule has 0 bridgehead atoms. The molecule has 0 saturated carbocycles. The smallest absolute Gasteiger partial charge is 0.298 e. The van der Waals surface area contributed by atoms with E-state index in [9.17, 15) is 9.59 Å². The topological polar surface area (TPSA) is 37.4 Å². The molecule has 1 heterocycles. The zero-order chi connectivity index (χ0) is 8.27. The van der Waals surface area contributed by atoms with E-state index >= 15 is 0 Å². The number of carbonyl (C=O) groups is 2. The van der Waals surface area contributed by atoms with Crippen LogP contribution in [-0.4, -0.2) is 29.7 Å². The van der Waals surface area contributed by atoms with Crippen LogP contribution in [0.3, 0.4) is 0 Å². The van der Waals surface area contributed by atoms with Crippen LogP contribution in [0.5, 0.6) is 0 Å². The number of ketones is 1. The number of hydrogen-bond donors (Lipinski definition) is 0. The Kier molecular flexibility index (Phi) is 2.27. The quantitative estimate of drug-likeness (QED) is 0.450. The molecule has 0 N–H and O–H groups in total. The van der Waals surface area contributed by atoms with Crippen molar-refractivity contribution in [1.82, 2.24) is 4.90 Å². The molecule has 1 fully saturated rings. The summed E-state index contributed by atoms with van der Waals surface area (Å²) in [6.07, 6.45) is 0.483. The van der Waals surface area contributed by atoms with Crippen molar-refractivity contribution in [2.24, 2.45) is 0 Å². The van der Waals surface area contributed by atoms with Gasteiger partial charge in [0.25, 0.3) is 5.91 Å². The molecule has 0 aromatic rings. The van der Waals surface area contributed by atoms with E-state index in [0.29, 0.717) is 13.0 Å². The summed E-state index contributed by atoms with van der Waals surface area (Å²) in [6, 6.07) is 0. The number of rotatable bonds is 0. The average Bonchev–Trinajstić information content (AvgIpc) is 2.36. The molecule has 11 heavy (non-hydrogen) atoms. The standard InChI is InChI=1S/C8H9NO2/c1-2-3-8(11)9-5-4-7(10)6-9/h4-6H2,1H3. The van der Waals surface area contributed by atoms with Crippen molar-refractivity contribution in [3.63, 3.8) is 0 Å². The van der Waals surface area contributed by atoms with Crippen molar-refractivity contribution in [3.8, 4) is 11.8 Å². The Hall–Kier alpha value is -1.30. The van der Waals surface area contributed by atoms with Gasteiger partial charge in [-0.3, -0.25) is 9.59 Å². The molecule has 1 rings (SSSR count). The van der Waals surface area contributed by atoms with Gasteiger partial charge >= 0.3 is 0 Å². The maximum atomic E-state index is 11.0. The van der Waals surface area contributed by atoms with Gasteiger partial charge < -0.3 is 4.90 Å². The Morgan fingerprint density at radius 1 is 1.64 bits per heavy atom. The van der Waals surface area contributed by atoms with Gasteiger partial charge in [0.1, 0.15) is 0 Å². The van der Waals surface area contributed by atoms with Gasteiger partial charge in [-0.15, -0.1) is 0 Å². The van der Waals surface area contributed by atoms with E-state index in [2.05, 4.69) is 11.8 Å². The highest BCUT2D eigenvalue weighted by molar-refractivity contribution is 5.98. The average molecular weight is 151 g/mol. The van der Waals surface area contributed by atoms with Gasteiger partial charge in [-0.2, -0.15) is 0 Å². The van der Waals surface area contributed by atoms with Crippen LogP contribution in [0.4, 0.5) is 0 Å². The van der Waals surface area contributed by atoms with Crippen molar-refractivity contribution < 1.29 is 9.59 Å². The summed E-state index contributed by atoms with van der Waals surface area (Å²) in [5.74, 6) is 4.78. The number of carbonyl (C=O) groups excluding carboxylic acids is 2. The molecule has 0 radical (unpaired) electrons. The summed E-state index contributed by atoms with van der Waals surface area (Å²) >= 11 is 0. The Bertz CT molecular complexity index is 247. The van der Waals surface area contributed by atoms with Crippen LogP contribution in [0, 0.1) is 11.8 Å². The van der Waals surface area contributed by atoms with Crippen molar-refractivity contribution >= 4 is 11.7 Å². The minimum absolute atomic E-state index is 0.122. The first-order chi connectivity index (χ1) is 5.24. The fourth-order valence-electron chi connectivity index (χ4n) is 0.990. The van der Waals surface area contributed by atoms with Crippen LogP contribution < -0.4 is 0 Å². The third-order valence-electron chi connectivity index (χ3n) is 1.55. The Morgan fingerprint density at radius 2 is 2.36 bits per heavy atom. The minimum atomic E-state index is -0.238. The summed E-state index contributed by atoms with van der Waals surface area (Å²) in [7, 11) is 0. The van der Waals surface area contributed by atoms with Crippen LogP contribution in [0.25, 0.3) is 0 Å². The first-order valence-electron chi connectivity index (χ1n) is 3.47. The van der Waals surface area contributed by atoms with Crippen molar-refractivity contribution in [2.75, 3.05) is 13.1 Å². The summed E-state index contributed by atoms with van der Waals surface area (Å²) in [5, 5.41) is 0. The second kappa shape index (κ2) is 3.20. The number of amides is 1. The minimum Gasteiger partial charge on any atom is -0.324 e. The molecule has 3 nitrogen and oxygen atoms in total. The maximum absolute atomic E-state index is 11.0. The Balaban J connectivity index is 2.54. The van der Waals surface area contributed by atoms with E-state index in [1.165, 1.54) is 4.90 Å². The highest BCUT2D eigenvalue weighted by Crippen LogP contribution is 2.03. The predicted molar refractivity (Wildman–Crippen MR) is 39.7 cm³/mol. The van der Waals surface area contributed by atoms with Gasteiger partial charge in [0.2, 0.25) is 0 Å². The molecule has 0 aromatic heterocycles.